The average molecular weight is 393 g/mol. The van der Waals surface area contributed by atoms with Crippen molar-refractivity contribution in [3.05, 3.63) is 55.0 Å². The Morgan fingerprint density at radius 3 is 2.32 bits per heavy atom. The molecule has 0 amide bonds. The van der Waals surface area contributed by atoms with Gasteiger partial charge in [-0.25, -0.2) is 23.4 Å². The van der Waals surface area contributed by atoms with Gasteiger partial charge in [-0.15, -0.1) is 0 Å². The van der Waals surface area contributed by atoms with Crippen molar-refractivity contribution in [1.82, 2.24) is 19.9 Å². The molecule has 0 bridgehead atoms. The number of hydrogen-bond donors (Lipinski definition) is 2. The fourth-order valence-corrected chi connectivity index (χ4v) is 3.96. The highest BCUT2D eigenvalue weighted by atomic mass is 32.2. The van der Waals surface area contributed by atoms with Gasteiger partial charge in [0.15, 0.2) is 15.5 Å². The van der Waals surface area contributed by atoms with Crippen LogP contribution in [-0.4, -0.2) is 33.6 Å². The minimum Gasteiger partial charge on any atom is -0.384 e. The lowest BCUT2D eigenvalue weighted by Crippen LogP contribution is -2.13. The molecule has 3 aromatic heterocycles. The molecule has 142 valence electrons. The first-order valence-electron chi connectivity index (χ1n) is 8.76. The quantitative estimate of drug-likeness (QED) is 0.549. The maximum atomic E-state index is 12.3. The van der Waals surface area contributed by atoms with E-state index in [1.165, 1.54) is 0 Å². The van der Waals surface area contributed by atoms with Gasteiger partial charge < -0.3 is 10.7 Å². The first kappa shape index (κ1) is 18.1. The molecular formula is C20H19N5O2S. The van der Waals surface area contributed by atoms with Gasteiger partial charge in [-0.2, -0.15) is 0 Å². The van der Waals surface area contributed by atoms with Crippen LogP contribution in [-0.2, 0) is 9.84 Å². The molecule has 1 aromatic carbocycles. The minimum absolute atomic E-state index is 0.301. The number of nitrogens with zero attached hydrogens (tertiary/aromatic N) is 3. The third-order valence-corrected chi connectivity index (χ3v) is 6.75. The monoisotopic (exact) mass is 393 g/mol. The number of nitrogens with two attached hydrogens (primary N) is 1. The van der Waals surface area contributed by atoms with E-state index in [1.54, 1.807) is 56.6 Å². The van der Waals surface area contributed by atoms with Crippen LogP contribution < -0.4 is 5.73 Å². The van der Waals surface area contributed by atoms with Gasteiger partial charge in [0, 0.05) is 29.1 Å². The Morgan fingerprint density at radius 1 is 0.964 bits per heavy atom. The van der Waals surface area contributed by atoms with Gasteiger partial charge in [0.25, 0.3) is 0 Å². The van der Waals surface area contributed by atoms with Gasteiger partial charge in [0.2, 0.25) is 0 Å². The lowest BCUT2D eigenvalue weighted by molar-refractivity contribution is 0.587. The zero-order chi connectivity index (χ0) is 19.9. The van der Waals surface area contributed by atoms with Crippen molar-refractivity contribution in [2.45, 2.75) is 24.0 Å². The molecule has 0 atom stereocenters. The van der Waals surface area contributed by atoms with Crippen molar-refractivity contribution < 1.29 is 8.42 Å². The molecule has 7 nitrogen and oxygen atoms in total. The molecule has 4 rings (SSSR count). The molecule has 0 unspecified atom stereocenters. The molecule has 0 spiro atoms. The summed E-state index contributed by atoms with van der Waals surface area (Å²) >= 11 is 0. The van der Waals surface area contributed by atoms with Gasteiger partial charge in [0.05, 0.1) is 22.0 Å². The molecule has 3 N–H and O–H groups in total. The summed E-state index contributed by atoms with van der Waals surface area (Å²) in [6.45, 7) is 3.34. The summed E-state index contributed by atoms with van der Waals surface area (Å²) in [6, 6.07) is 10.3. The van der Waals surface area contributed by atoms with Crippen LogP contribution in [0.3, 0.4) is 0 Å². The topological polar surface area (TPSA) is 115 Å². The lowest BCUT2D eigenvalue weighted by Gasteiger charge is -2.08. The molecule has 0 fully saturated rings. The van der Waals surface area contributed by atoms with Crippen molar-refractivity contribution in [2.75, 3.05) is 5.73 Å². The molecule has 0 radical (unpaired) electrons. The number of nitrogen functional groups attached to an aromatic ring is 1. The number of aromatic amines is 1. The predicted molar refractivity (Wildman–Crippen MR) is 109 cm³/mol. The van der Waals surface area contributed by atoms with Crippen LogP contribution in [0.15, 0.2) is 59.9 Å². The number of pyridine rings is 1. The highest BCUT2D eigenvalue weighted by Gasteiger charge is 2.19. The summed E-state index contributed by atoms with van der Waals surface area (Å²) in [6.07, 6.45) is 5.19. The van der Waals surface area contributed by atoms with E-state index in [1.807, 2.05) is 12.3 Å². The Labute approximate surface area is 162 Å². The second-order valence-electron chi connectivity index (χ2n) is 6.74. The average Bonchev–Trinajstić information content (AvgIpc) is 3.12. The molecule has 4 aromatic rings. The van der Waals surface area contributed by atoms with Gasteiger partial charge in [-0.1, -0.05) is 12.1 Å². The standard InChI is InChI=1S/C20H19N5O2S/c1-12(2)28(26,27)15-6-3-13(4-7-15)17-11-24-20-19(25-17)16(10-23-20)14-5-8-18(21)22-9-14/h3-12H,1-2H3,(H2,21,22)(H,23,24). The van der Waals surface area contributed by atoms with Gasteiger partial charge in [-0.3, -0.25) is 0 Å². The summed E-state index contributed by atoms with van der Waals surface area (Å²) < 4.78 is 24.6. The van der Waals surface area contributed by atoms with Crippen molar-refractivity contribution in [2.24, 2.45) is 0 Å². The van der Waals surface area contributed by atoms with Crippen LogP contribution in [0.1, 0.15) is 13.8 Å². The molecule has 3 heterocycles. The number of H-pyrrole nitrogens is 1. The van der Waals surface area contributed by atoms with Crippen molar-refractivity contribution in [3.63, 3.8) is 0 Å². The zero-order valence-electron chi connectivity index (χ0n) is 15.4. The van der Waals surface area contributed by atoms with Crippen molar-refractivity contribution in [1.29, 1.82) is 0 Å². The minimum atomic E-state index is -3.31. The summed E-state index contributed by atoms with van der Waals surface area (Å²) in [5.74, 6) is 0.451. The summed E-state index contributed by atoms with van der Waals surface area (Å²) in [5, 5.41) is -0.467. The fourth-order valence-electron chi connectivity index (χ4n) is 2.90. The van der Waals surface area contributed by atoms with Crippen LogP contribution in [0.5, 0.6) is 0 Å². The van der Waals surface area contributed by atoms with Gasteiger partial charge >= 0.3 is 0 Å². The van der Waals surface area contributed by atoms with Crippen LogP contribution in [0, 0.1) is 0 Å². The number of aromatic nitrogens is 4. The van der Waals surface area contributed by atoms with E-state index in [0.29, 0.717) is 27.6 Å². The number of anilines is 1. The molecule has 0 saturated carbocycles. The SMILES string of the molecule is CC(C)S(=O)(=O)c1ccc(-c2cnc3[nH]cc(-c4ccc(N)nc4)c3n2)cc1. The van der Waals surface area contributed by atoms with Crippen molar-refractivity contribution in [3.8, 4) is 22.4 Å². The third-order valence-electron chi connectivity index (χ3n) is 4.58. The van der Waals surface area contributed by atoms with E-state index >= 15 is 0 Å². The Morgan fingerprint density at radius 2 is 1.68 bits per heavy atom. The van der Waals surface area contributed by atoms with E-state index in [9.17, 15) is 8.42 Å². The Balaban J connectivity index is 1.76. The molecule has 0 saturated heterocycles. The molecule has 0 aliphatic carbocycles. The second kappa shape index (κ2) is 6.72. The third kappa shape index (κ3) is 3.11. The fraction of sp³-hybridized carbons (Fsp3) is 0.150. The molecule has 0 aliphatic heterocycles. The van der Waals surface area contributed by atoms with Crippen LogP contribution >= 0.6 is 0 Å². The van der Waals surface area contributed by atoms with Gasteiger partial charge in [-0.05, 0) is 38.1 Å². The predicted octanol–water partition coefficient (Wildman–Crippen LogP) is 3.45. The Hall–Kier alpha value is -3.26. The number of hydrogen-bond acceptors (Lipinski definition) is 6. The smallest absolute Gasteiger partial charge is 0.180 e. The highest BCUT2D eigenvalue weighted by molar-refractivity contribution is 7.92. The maximum absolute atomic E-state index is 12.3. The largest absolute Gasteiger partial charge is 0.384 e. The second-order valence-corrected chi connectivity index (χ2v) is 9.25. The van der Waals surface area contributed by atoms with Crippen LogP contribution in [0.25, 0.3) is 33.5 Å². The highest BCUT2D eigenvalue weighted by Crippen LogP contribution is 2.29. The number of fused-ring (bicyclic) bond motifs is 1. The molecule has 28 heavy (non-hydrogen) atoms. The Bertz CT molecular complexity index is 1240. The van der Waals surface area contributed by atoms with Crippen LogP contribution in [0.4, 0.5) is 5.82 Å². The van der Waals surface area contributed by atoms with E-state index in [0.717, 1.165) is 16.7 Å². The Kier molecular flexibility index (Phi) is 4.35. The van der Waals surface area contributed by atoms with E-state index in [-0.39, 0.29) is 0 Å². The zero-order valence-corrected chi connectivity index (χ0v) is 16.2. The maximum Gasteiger partial charge on any atom is 0.180 e. The molecular weight excluding hydrogens is 374 g/mol. The normalized spacial score (nSPS) is 12.0. The number of sulfone groups is 1. The van der Waals surface area contributed by atoms with E-state index in [4.69, 9.17) is 10.7 Å². The molecule has 0 aliphatic rings. The number of benzene rings is 1. The van der Waals surface area contributed by atoms with E-state index in [2.05, 4.69) is 15.0 Å². The first-order chi connectivity index (χ1) is 13.4. The summed E-state index contributed by atoms with van der Waals surface area (Å²) in [5.41, 5.74) is 10.2. The number of rotatable bonds is 4. The van der Waals surface area contributed by atoms with Gasteiger partial charge in [0.1, 0.15) is 11.3 Å². The summed E-state index contributed by atoms with van der Waals surface area (Å²) in [7, 11) is -3.31. The first-order valence-corrected chi connectivity index (χ1v) is 10.3. The lowest BCUT2D eigenvalue weighted by atomic mass is 10.1. The molecule has 8 heteroatoms. The van der Waals surface area contributed by atoms with Crippen LogP contribution in [0.2, 0.25) is 0 Å². The summed E-state index contributed by atoms with van der Waals surface area (Å²) in [4.78, 5) is 16.7. The number of nitrogens with one attached hydrogen (secondary N) is 1. The van der Waals surface area contributed by atoms with E-state index < -0.39 is 15.1 Å². The van der Waals surface area contributed by atoms with Crippen molar-refractivity contribution >= 4 is 26.8 Å².